The van der Waals surface area contributed by atoms with Crippen LogP contribution in [0.1, 0.15) is 11.1 Å². The van der Waals surface area contributed by atoms with Crippen LogP contribution in [-0.2, 0) is 6.42 Å². The lowest BCUT2D eigenvalue weighted by atomic mass is 10.1. The maximum absolute atomic E-state index is 5.39. The Morgan fingerprint density at radius 1 is 1.45 bits per heavy atom. The van der Waals surface area contributed by atoms with Gasteiger partial charge in [0.1, 0.15) is 11.5 Å². The zero-order valence-corrected chi connectivity index (χ0v) is 6.55. The summed E-state index contributed by atoms with van der Waals surface area (Å²) in [6.07, 6.45) is 0.871. The van der Waals surface area contributed by atoms with Gasteiger partial charge in [0.05, 0.1) is 0 Å². The van der Waals surface area contributed by atoms with E-state index in [2.05, 4.69) is 25.6 Å². The lowest BCUT2D eigenvalue weighted by Gasteiger charge is -1.98. The molecule has 0 saturated carbocycles. The summed E-state index contributed by atoms with van der Waals surface area (Å²) in [5, 5.41) is 0. The summed E-state index contributed by atoms with van der Waals surface area (Å²) >= 11 is 0. The maximum Gasteiger partial charge on any atom is 0.130 e. The van der Waals surface area contributed by atoms with E-state index in [1.807, 2.05) is 6.07 Å². The van der Waals surface area contributed by atoms with Crippen LogP contribution in [0.25, 0.3) is 0 Å². The predicted octanol–water partition coefficient (Wildman–Crippen LogP) is 2.44. The fraction of sp³-hybridized carbons (Fsp3) is 0.200. The van der Waals surface area contributed by atoms with Crippen molar-refractivity contribution in [1.29, 1.82) is 0 Å². The highest BCUT2D eigenvalue weighted by molar-refractivity contribution is 5.43. The van der Waals surface area contributed by atoms with Gasteiger partial charge in [-0.3, -0.25) is 0 Å². The van der Waals surface area contributed by atoms with E-state index in [-0.39, 0.29) is 0 Å². The number of hydrogen-bond acceptors (Lipinski definition) is 1. The topological polar surface area (TPSA) is 9.23 Å². The summed E-state index contributed by atoms with van der Waals surface area (Å²) in [5.41, 5.74) is 2.49. The Bertz CT molecular complexity index is 313. The van der Waals surface area contributed by atoms with Crippen LogP contribution < -0.4 is 4.74 Å². The third kappa shape index (κ3) is 1.03. The standard InChI is InChI=1S/C10H10O/c1-7-3-4-9-6-8(2)11-10(9)5-7/h3-5H,2,6H2,1H3. The Hall–Kier alpha value is -1.24. The molecule has 0 atom stereocenters. The van der Waals surface area contributed by atoms with Gasteiger partial charge in [-0.25, -0.2) is 0 Å². The molecule has 56 valence electrons. The molecule has 0 spiro atoms. The van der Waals surface area contributed by atoms with Gasteiger partial charge < -0.3 is 4.74 Å². The molecule has 0 N–H and O–H groups in total. The van der Waals surface area contributed by atoms with Gasteiger partial charge in [0.15, 0.2) is 0 Å². The molecule has 0 unspecified atom stereocenters. The highest BCUT2D eigenvalue weighted by Crippen LogP contribution is 2.30. The van der Waals surface area contributed by atoms with Crippen LogP contribution in [0.5, 0.6) is 5.75 Å². The van der Waals surface area contributed by atoms with Crippen LogP contribution in [0, 0.1) is 6.92 Å². The van der Waals surface area contributed by atoms with Crippen LogP contribution in [0.3, 0.4) is 0 Å². The third-order valence-electron chi connectivity index (χ3n) is 1.86. The van der Waals surface area contributed by atoms with Gasteiger partial charge in [0.25, 0.3) is 0 Å². The number of aryl methyl sites for hydroxylation is 1. The fourth-order valence-corrected chi connectivity index (χ4v) is 1.31. The summed E-state index contributed by atoms with van der Waals surface area (Å²) in [6, 6.07) is 6.25. The van der Waals surface area contributed by atoms with Crippen LogP contribution in [-0.4, -0.2) is 0 Å². The van der Waals surface area contributed by atoms with E-state index in [9.17, 15) is 0 Å². The Morgan fingerprint density at radius 2 is 2.27 bits per heavy atom. The average Bonchev–Trinajstić information content (AvgIpc) is 2.27. The molecule has 1 heterocycles. The molecule has 1 nitrogen and oxygen atoms in total. The zero-order valence-electron chi connectivity index (χ0n) is 6.55. The van der Waals surface area contributed by atoms with Gasteiger partial charge in [-0.1, -0.05) is 18.7 Å². The molecular formula is C10H10O. The van der Waals surface area contributed by atoms with Crippen molar-refractivity contribution in [2.75, 3.05) is 0 Å². The quantitative estimate of drug-likeness (QED) is 0.546. The van der Waals surface area contributed by atoms with Gasteiger partial charge in [-0.15, -0.1) is 0 Å². The van der Waals surface area contributed by atoms with Crippen molar-refractivity contribution in [3.63, 3.8) is 0 Å². The first-order chi connectivity index (χ1) is 5.25. The molecule has 2 rings (SSSR count). The minimum Gasteiger partial charge on any atom is -0.462 e. The Morgan fingerprint density at radius 3 is 3.09 bits per heavy atom. The summed E-state index contributed by atoms with van der Waals surface area (Å²) in [6.45, 7) is 5.84. The fourth-order valence-electron chi connectivity index (χ4n) is 1.31. The van der Waals surface area contributed by atoms with Gasteiger partial charge >= 0.3 is 0 Å². The molecule has 0 aliphatic carbocycles. The molecular weight excluding hydrogens is 136 g/mol. The van der Waals surface area contributed by atoms with Crippen molar-refractivity contribution < 1.29 is 4.74 Å². The summed E-state index contributed by atoms with van der Waals surface area (Å²) in [4.78, 5) is 0. The first kappa shape index (κ1) is 6.47. The van der Waals surface area contributed by atoms with Crippen molar-refractivity contribution in [2.45, 2.75) is 13.3 Å². The van der Waals surface area contributed by atoms with E-state index in [4.69, 9.17) is 4.74 Å². The molecule has 0 saturated heterocycles. The highest BCUT2D eigenvalue weighted by Gasteiger charge is 2.14. The molecule has 1 aromatic rings. The molecule has 0 fully saturated rings. The Labute approximate surface area is 66.3 Å². The number of allylic oxidation sites excluding steroid dienone is 1. The summed E-state index contributed by atoms with van der Waals surface area (Å²) in [5.74, 6) is 1.83. The number of rotatable bonds is 0. The van der Waals surface area contributed by atoms with Crippen molar-refractivity contribution in [2.24, 2.45) is 0 Å². The molecule has 0 radical (unpaired) electrons. The van der Waals surface area contributed by atoms with Gasteiger partial charge in [-0.05, 0) is 18.6 Å². The smallest absolute Gasteiger partial charge is 0.130 e. The number of ether oxygens (including phenoxy) is 1. The summed E-state index contributed by atoms with van der Waals surface area (Å²) in [7, 11) is 0. The molecule has 0 bridgehead atoms. The Kier molecular flexibility index (Phi) is 1.25. The van der Waals surface area contributed by atoms with Crippen LogP contribution in [0.4, 0.5) is 0 Å². The molecule has 0 aromatic heterocycles. The second-order valence-corrected chi connectivity index (χ2v) is 2.93. The number of fused-ring (bicyclic) bond motifs is 1. The normalized spacial score (nSPS) is 14.5. The Balaban J connectivity index is 2.51. The minimum atomic E-state index is 0.852. The third-order valence-corrected chi connectivity index (χ3v) is 1.86. The maximum atomic E-state index is 5.39. The monoisotopic (exact) mass is 146 g/mol. The average molecular weight is 146 g/mol. The van der Waals surface area contributed by atoms with Crippen LogP contribution >= 0.6 is 0 Å². The molecule has 0 amide bonds. The highest BCUT2D eigenvalue weighted by atomic mass is 16.5. The van der Waals surface area contributed by atoms with Crippen molar-refractivity contribution in [3.05, 3.63) is 41.7 Å². The largest absolute Gasteiger partial charge is 0.462 e. The molecule has 1 aliphatic rings. The zero-order chi connectivity index (χ0) is 7.84. The van der Waals surface area contributed by atoms with E-state index in [1.54, 1.807) is 0 Å². The van der Waals surface area contributed by atoms with Gasteiger partial charge in [-0.2, -0.15) is 0 Å². The van der Waals surface area contributed by atoms with Crippen LogP contribution in [0.15, 0.2) is 30.5 Å². The van der Waals surface area contributed by atoms with Crippen molar-refractivity contribution >= 4 is 0 Å². The van der Waals surface area contributed by atoms with E-state index >= 15 is 0 Å². The second-order valence-electron chi connectivity index (χ2n) is 2.93. The van der Waals surface area contributed by atoms with E-state index in [0.29, 0.717) is 0 Å². The van der Waals surface area contributed by atoms with E-state index in [1.165, 1.54) is 11.1 Å². The summed E-state index contributed by atoms with van der Waals surface area (Å²) < 4.78 is 5.39. The molecule has 1 aliphatic heterocycles. The van der Waals surface area contributed by atoms with Crippen LogP contribution in [0.2, 0.25) is 0 Å². The number of hydrogen-bond donors (Lipinski definition) is 0. The second kappa shape index (κ2) is 2.12. The minimum absolute atomic E-state index is 0.852. The van der Waals surface area contributed by atoms with E-state index < -0.39 is 0 Å². The van der Waals surface area contributed by atoms with E-state index in [0.717, 1.165) is 17.9 Å². The lowest BCUT2D eigenvalue weighted by molar-refractivity contribution is 0.449. The first-order valence-corrected chi connectivity index (χ1v) is 3.71. The molecule has 1 heteroatoms. The predicted molar refractivity (Wildman–Crippen MR) is 44.7 cm³/mol. The lowest BCUT2D eigenvalue weighted by Crippen LogP contribution is -1.82. The number of benzene rings is 1. The van der Waals surface area contributed by atoms with Crippen molar-refractivity contribution in [3.8, 4) is 5.75 Å². The van der Waals surface area contributed by atoms with Gasteiger partial charge in [0, 0.05) is 12.0 Å². The van der Waals surface area contributed by atoms with Gasteiger partial charge in [0.2, 0.25) is 0 Å². The molecule has 11 heavy (non-hydrogen) atoms. The van der Waals surface area contributed by atoms with Crippen molar-refractivity contribution in [1.82, 2.24) is 0 Å². The molecule has 1 aromatic carbocycles. The SMILES string of the molecule is C=C1Cc2ccc(C)cc2O1. The first-order valence-electron chi connectivity index (χ1n) is 3.71.